The number of amides is 2. The Morgan fingerprint density at radius 2 is 1.83 bits per heavy atom. The van der Waals surface area contributed by atoms with Gasteiger partial charge in [-0.2, -0.15) is 13.2 Å². The Balaban J connectivity index is 1.85. The van der Waals surface area contributed by atoms with Crippen molar-refractivity contribution in [2.75, 3.05) is 12.4 Å². The first-order valence-electron chi connectivity index (χ1n) is 8.44. The lowest BCUT2D eigenvalue weighted by molar-refractivity contribution is -0.142. The van der Waals surface area contributed by atoms with Gasteiger partial charge in [0.1, 0.15) is 5.88 Å². The Kier molecular flexibility index (Phi) is 6.07. The van der Waals surface area contributed by atoms with E-state index in [0.29, 0.717) is 11.6 Å². The Labute approximate surface area is 168 Å². The van der Waals surface area contributed by atoms with Gasteiger partial charge in [0, 0.05) is 12.6 Å². The van der Waals surface area contributed by atoms with E-state index in [1.165, 1.54) is 0 Å². The van der Waals surface area contributed by atoms with Gasteiger partial charge in [0.05, 0.1) is 6.04 Å². The lowest BCUT2D eigenvalue weighted by Gasteiger charge is -2.19. The van der Waals surface area contributed by atoms with Crippen molar-refractivity contribution in [3.63, 3.8) is 0 Å². The molecule has 0 aliphatic carbocycles. The number of nitrogens with one attached hydrogen (secondary N) is 2. The quantitative estimate of drug-likeness (QED) is 0.590. The number of hydrogen-bond acceptors (Lipinski definition) is 4. The fraction of sp³-hybridized carbons (Fsp3) is 0.211. The van der Waals surface area contributed by atoms with Crippen LogP contribution in [0.3, 0.4) is 0 Å². The van der Waals surface area contributed by atoms with Gasteiger partial charge in [0.15, 0.2) is 5.69 Å². The number of benzene rings is 2. The Morgan fingerprint density at radius 3 is 2.48 bits per heavy atom. The summed E-state index contributed by atoms with van der Waals surface area (Å²) >= 11 is 5.48. The zero-order chi connectivity index (χ0) is 21.0. The average molecular weight is 426 g/mol. The summed E-state index contributed by atoms with van der Waals surface area (Å²) in [5, 5.41) is 9.85. The molecule has 2 aromatic carbocycles. The molecule has 2 N–H and O–H groups in total. The normalized spacial score (nSPS) is 12.6. The third-order valence-corrected chi connectivity index (χ3v) is 4.37. The third-order valence-electron chi connectivity index (χ3n) is 4.13. The monoisotopic (exact) mass is 425 g/mol. The number of halogens is 4. The Morgan fingerprint density at radius 1 is 1.10 bits per heavy atom. The van der Waals surface area contributed by atoms with Crippen LogP contribution in [0.25, 0.3) is 10.8 Å². The third kappa shape index (κ3) is 5.05. The van der Waals surface area contributed by atoms with E-state index in [1.54, 1.807) is 6.07 Å². The van der Waals surface area contributed by atoms with E-state index < -0.39 is 35.5 Å². The summed E-state index contributed by atoms with van der Waals surface area (Å²) in [4.78, 5) is 23.9. The van der Waals surface area contributed by atoms with Crippen LogP contribution in [-0.2, 0) is 11.0 Å². The lowest BCUT2D eigenvalue weighted by Crippen LogP contribution is -2.38. The number of carbonyl (C=O) groups excluding carboxylic acids is 2. The van der Waals surface area contributed by atoms with Crippen LogP contribution in [0.15, 0.2) is 53.1 Å². The highest BCUT2D eigenvalue weighted by Crippen LogP contribution is 2.28. The van der Waals surface area contributed by atoms with Crippen LogP contribution in [-0.4, -0.2) is 29.4 Å². The molecule has 152 valence electrons. The van der Waals surface area contributed by atoms with Gasteiger partial charge < -0.3 is 15.2 Å². The molecular formula is C19H15ClF3N3O3. The fourth-order valence-electron chi connectivity index (χ4n) is 2.69. The Hall–Kier alpha value is -3.07. The molecule has 0 saturated carbocycles. The van der Waals surface area contributed by atoms with Gasteiger partial charge in [-0.05, 0) is 22.4 Å². The molecular weight excluding hydrogens is 411 g/mol. The van der Waals surface area contributed by atoms with E-state index in [0.717, 1.165) is 10.8 Å². The number of nitrogens with zero attached hydrogens (tertiary/aromatic N) is 1. The van der Waals surface area contributed by atoms with Gasteiger partial charge >= 0.3 is 6.18 Å². The van der Waals surface area contributed by atoms with Gasteiger partial charge in [-0.25, -0.2) is 0 Å². The van der Waals surface area contributed by atoms with Crippen molar-refractivity contribution in [1.82, 2.24) is 15.8 Å². The summed E-state index contributed by atoms with van der Waals surface area (Å²) in [5.74, 6) is -2.21. The van der Waals surface area contributed by atoms with E-state index in [-0.39, 0.29) is 12.4 Å². The molecule has 1 aromatic heterocycles. The highest BCUT2D eigenvalue weighted by Gasteiger charge is 2.36. The predicted octanol–water partition coefficient (Wildman–Crippen LogP) is 3.67. The number of hydrogen-bond donors (Lipinski definition) is 2. The van der Waals surface area contributed by atoms with Crippen LogP contribution < -0.4 is 10.6 Å². The van der Waals surface area contributed by atoms with Crippen LogP contribution in [0.5, 0.6) is 0 Å². The molecule has 10 heteroatoms. The number of rotatable bonds is 6. The summed E-state index contributed by atoms with van der Waals surface area (Å²) in [6.07, 6.45) is -4.73. The van der Waals surface area contributed by atoms with Gasteiger partial charge in [0.2, 0.25) is 11.7 Å². The molecule has 1 atom stereocenters. The van der Waals surface area contributed by atoms with Gasteiger partial charge in [-0.3, -0.25) is 9.59 Å². The van der Waals surface area contributed by atoms with Crippen LogP contribution in [0, 0.1) is 0 Å². The van der Waals surface area contributed by atoms with Gasteiger partial charge in [-0.1, -0.05) is 41.6 Å². The molecule has 0 bridgehead atoms. The highest BCUT2D eigenvalue weighted by atomic mass is 35.5. The van der Waals surface area contributed by atoms with Crippen LogP contribution in [0.4, 0.5) is 13.2 Å². The second-order valence-electron chi connectivity index (χ2n) is 6.14. The van der Waals surface area contributed by atoms with Crippen molar-refractivity contribution in [2.45, 2.75) is 12.2 Å². The lowest BCUT2D eigenvalue weighted by atomic mass is 10.0. The van der Waals surface area contributed by atoms with Crippen molar-refractivity contribution in [3.8, 4) is 0 Å². The van der Waals surface area contributed by atoms with E-state index >= 15 is 0 Å². The number of carbonyl (C=O) groups is 2. The number of fused-ring (bicyclic) bond motifs is 1. The minimum atomic E-state index is -4.73. The second kappa shape index (κ2) is 8.52. The summed E-state index contributed by atoms with van der Waals surface area (Å²) < 4.78 is 42.5. The smallest absolute Gasteiger partial charge is 0.353 e. The zero-order valence-electron chi connectivity index (χ0n) is 14.8. The minimum absolute atomic E-state index is 0.0180. The predicted molar refractivity (Wildman–Crippen MR) is 99.4 cm³/mol. The maximum absolute atomic E-state index is 12.7. The highest BCUT2D eigenvalue weighted by molar-refractivity contribution is 6.27. The van der Waals surface area contributed by atoms with Crippen molar-refractivity contribution in [3.05, 3.63) is 65.5 Å². The summed E-state index contributed by atoms with van der Waals surface area (Å²) in [5.41, 5.74) is -0.664. The topological polar surface area (TPSA) is 84.2 Å². The largest absolute Gasteiger partial charge is 0.436 e. The van der Waals surface area contributed by atoms with E-state index in [2.05, 4.69) is 20.3 Å². The summed E-state index contributed by atoms with van der Waals surface area (Å²) in [7, 11) is 0. The average Bonchev–Trinajstić information content (AvgIpc) is 3.21. The molecule has 6 nitrogen and oxygen atoms in total. The molecule has 0 radical (unpaired) electrons. The Bertz CT molecular complexity index is 1040. The molecule has 0 saturated heterocycles. The first-order valence-corrected chi connectivity index (χ1v) is 8.97. The molecule has 3 aromatic rings. The molecule has 1 heterocycles. The van der Waals surface area contributed by atoms with Crippen LogP contribution in [0.2, 0.25) is 0 Å². The summed E-state index contributed by atoms with van der Waals surface area (Å²) in [6, 6.07) is 12.7. The van der Waals surface area contributed by atoms with Crippen LogP contribution >= 0.6 is 11.6 Å². The molecule has 1 unspecified atom stereocenters. The molecule has 3 rings (SSSR count). The van der Waals surface area contributed by atoms with E-state index in [4.69, 9.17) is 11.6 Å². The zero-order valence-corrected chi connectivity index (χ0v) is 15.6. The molecule has 0 aliphatic heterocycles. The second-order valence-corrected chi connectivity index (χ2v) is 6.41. The molecule has 0 spiro atoms. The minimum Gasteiger partial charge on any atom is -0.353 e. The SMILES string of the molecule is O=C(CCl)NCC(NC(=O)c1cc(C(F)(F)F)no1)c1ccc2ccccc2c1. The molecule has 0 fully saturated rings. The first-order chi connectivity index (χ1) is 13.8. The van der Waals surface area contributed by atoms with Crippen LogP contribution in [0.1, 0.15) is 27.9 Å². The van der Waals surface area contributed by atoms with E-state index in [1.807, 2.05) is 36.4 Å². The maximum atomic E-state index is 12.7. The van der Waals surface area contributed by atoms with Crippen molar-refractivity contribution < 1.29 is 27.3 Å². The molecule has 2 amide bonds. The number of aromatic nitrogens is 1. The maximum Gasteiger partial charge on any atom is 0.436 e. The summed E-state index contributed by atoms with van der Waals surface area (Å²) in [6.45, 7) is -0.0180. The molecule has 0 aliphatic rings. The fourth-order valence-corrected chi connectivity index (χ4v) is 2.78. The van der Waals surface area contributed by atoms with Gasteiger partial charge in [-0.15, -0.1) is 11.6 Å². The van der Waals surface area contributed by atoms with Crippen molar-refractivity contribution in [2.24, 2.45) is 0 Å². The van der Waals surface area contributed by atoms with Crippen molar-refractivity contribution in [1.29, 1.82) is 0 Å². The first kappa shape index (κ1) is 20.7. The van der Waals surface area contributed by atoms with Gasteiger partial charge in [0.25, 0.3) is 5.91 Å². The standard InChI is InChI=1S/C19H15ClF3N3O3/c20-9-17(27)24-10-14(13-6-5-11-3-1-2-4-12(11)7-13)25-18(28)15-8-16(26-29-15)19(21,22)23/h1-8,14H,9-10H2,(H,24,27)(H,25,28). The van der Waals surface area contributed by atoms with E-state index in [9.17, 15) is 22.8 Å². The van der Waals surface area contributed by atoms with Crippen molar-refractivity contribution >= 4 is 34.2 Å². The number of alkyl halides is 4. The molecule has 29 heavy (non-hydrogen) atoms.